The van der Waals surface area contributed by atoms with Crippen molar-refractivity contribution in [3.05, 3.63) is 39.6 Å². The molecule has 2 aromatic rings. The number of nitro groups is 1. The number of ether oxygens (including phenoxy) is 2. The molecule has 1 fully saturated rings. The Balaban J connectivity index is 1.78. The second-order valence-corrected chi connectivity index (χ2v) is 6.20. The molecule has 0 unspecified atom stereocenters. The number of hydrogen-bond acceptors (Lipinski definition) is 6. The van der Waals surface area contributed by atoms with Crippen LogP contribution in [-0.4, -0.2) is 34.0 Å². The lowest BCUT2D eigenvalue weighted by molar-refractivity contribution is -0.384. The van der Waals surface area contributed by atoms with Crippen LogP contribution in [0, 0.1) is 24.0 Å². The largest absolute Gasteiger partial charge is 0.490 e. The molecular formula is C17H22N4O4. The summed E-state index contributed by atoms with van der Waals surface area (Å²) in [6.07, 6.45) is 1.95. The summed E-state index contributed by atoms with van der Waals surface area (Å²) in [7, 11) is 1.68. The maximum atomic E-state index is 11.3. The Hall–Kier alpha value is -2.61. The molecule has 0 atom stereocenters. The highest BCUT2D eigenvalue weighted by atomic mass is 16.6. The van der Waals surface area contributed by atoms with Crippen molar-refractivity contribution in [2.24, 2.45) is 7.05 Å². The monoisotopic (exact) mass is 346 g/mol. The van der Waals surface area contributed by atoms with Gasteiger partial charge >= 0.3 is 5.69 Å². The average molecular weight is 346 g/mol. The van der Waals surface area contributed by atoms with Crippen molar-refractivity contribution >= 4 is 17.2 Å². The Bertz CT molecular complexity index is 781. The number of rotatable bonds is 5. The zero-order valence-corrected chi connectivity index (χ0v) is 14.6. The Kier molecular flexibility index (Phi) is 4.89. The molecule has 134 valence electrons. The van der Waals surface area contributed by atoms with Gasteiger partial charge in [-0.25, -0.2) is 4.68 Å². The Morgan fingerprint density at radius 3 is 2.72 bits per heavy atom. The molecule has 3 rings (SSSR count). The van der Waals surface area contributed by atoms with Crippen LogP contribution in [0.3, 0.4) is 0 Å². The molecule has 1 saturated heterocycles. The van der Waals surface area contributed by atoms with Gasteiger partial charge in [-0.15, -0.1) is 0 Å². The van der Waals surface area contributed by atoms with E-state index in [0.717, 1.165) is 43.1 Å². The third-order valence-corrected chi connectivity index (χ3v) is 4.27. The number of aryl methyl sites for hydroxylation is 3. The molecule has 0 aliphatic carbocycles. The van der Waals surface area contributed by atoms with Gasteiger partial charge in [-0.1, -0.05) is 0 Å². The van der Waals surface area contributed by atoms with Crippen LogP contribution < -0.4 is 10.1 Å². The molecule has 1 N–H and O–H groups in total. The van der Waals surface area contributed by atoms with Crippen molar-refractivity contribution in [3.8, 4) is 5.75 Å². The van der Waals surface area contributed by atoms with Crippen molar-refractivity contribution in [3.63, 3.8) is 0 Å². The summed E-state index contributed by atoms with van der Waals surface area (Å²) in [4.78, 5) is 10.9. The topological polar surface area (TPSA) is 91.5 Å². The second kappa shape index (κ2) is 7.10. The fraction of sp³-hybridized carbons (Fsp3) is 0.471. The lowest BCUT2D eigenvalue weighted by Crippen LogP contribution is -2.26. The number of aromatic nitrogens is 2. The number of benzene rings is 1. The van der Waals surface area contributed by atoms with Gasteiger partial charge in [-0.05, 0) is 37.6 Å². The van der Waals surface area contributed by atoms with E-state index in [2.05, 4.69) is 10.4 Å². The highest BCUT2D eigenvalue weighted by molar-refractivity contribution is 5.68. The molecule has 1 aliphatic heterocycles. The number of nitrogens with zero attached hydrogens (tertiary/aromatic N) is 3. The lowest BCUT2D eigenvalue weighted by Gasteiger charge is -2.24. The molecule has 0 radical (unpaired) electrons. The minimum absolute atomic E-state index is 0.0114. The fourth-order valence-electron chi connectivity index (χ4n) is 2.98. The van der Waals surface area contributed by atoms with Crippen LogP contribution in [-0.2, 0) is 11.8 Å². The van der Waals surface area contributed by atoms with Crippen molar-refractivity contribution in [2.45, 2.75) is 32.8 Å². The SMILES string of the molecule is Cc1cc(Nc2c([N+](=O)[O-])c(C)nn2C)ccc1OC1CCOCC1. The molecule has 1 aliphatic rings. The van der Waals surface area contributed by atoms with E-state index in [1.807, 2.05) is 25.1 Å². The third-order valence-electron chi connectivity index (χ3n) is 4.27. The van der Waals surface area contributed by atoms with Crippen LogP contribution >= 0.6 is 0 Å². The molecule has 0 saturated carbocycles. The van der Waals surface area contributed by atoms with Gasteiger partial charge in [0.15, 0.2) is 0 Å². The minimum Gasteiger partial charge on any atom is -0.490 e. The Labute approximate surface area is 145 Å². The van der Waals surface area contributed by atoms with Gasteiger partial charge in [-0.2, -0.15) is 5.10 Å². The number of hydrogen-bond donors (Lipinski definition) is 1. The standard InChI is InChI=1S/C17H22N4O4/c1-11-10-13(4-5-15(11)25-14-6-8-24-9-7-14)18-17-16(21(22)23)12(2)19-20(17)3/h4-5,10,14,18H,6-9H2,1-3H3. The number of nitrogens with one attached hydrogen (secondary N) is 1. The van der Waals surface area contributed by atoms with E-state index >= 15 is 0 Å². The first-order chi connectivity index (χ1) is 12.0. The van der Waals surface area contributed by atoms with E-state index in [1.54, 1.807) is 14.0 Å². The minimum atomic E-state index is -0.417. The maximum Gasteiger partial charge on any atom is 0.334 e. The second-order valence-electron chi connectivity index (χ2n) is 6.20. The first kappa shape index (κ1) is 17.2. The molecule has 0 bridgehead atoms. The summed E-state index contributed by atoms with van der Waals surface area (Å²) >= 11 is 0. The maximum absolute atomic E-state index is 11.3. The summed E-state index contributed by atoms with van der Waals surface area (Å²) in [5, 5.41) is 18.5. The van der Waals surface area contributed by atoms with E-state index in [9.17, 15) is 10.1 Å². The Morgan fingerprint density at radius 1 is 1.36 bits per heavy atom. The van der Waals surface area contributed by atoms with Crippen LogP contribution in [0.4, 0.5) is 17.2 Å². The van der Waals surface area contributed by atoms with Gasteiger partial charge in [0, 0.05) is 25.6 Å². The molecular weight excluding hydrogens is 324 g/mol. The molecule has 8 heteroatoms. The van der Waals surface area contributed by atoms with E-state index in [-0.39, 0.29) is 11.8 Å². The van der Waals surface area contributed by atoms with E-state index in [4.69, 9.17) is 9.47 Å². The molecule has 2 heterocycles. The quantitative estimate of drug-likeness (QED) is 0.660. The van der Waals surface area contributed by atoms with Gasteiger partial charge in [0.1, 0.15) is 17.5 Å². The zero-order valence-electron chi connectivity index (χ0n) is 14.6. The van der Waals surface area contributed by atoms with Gasteiger partial charge in [0.2, 0.25) is 5.82 Å². The van der Waals surface area contributed by atoms with Crippen molar-refractivity contribution in [1.82, 2.24) is 9.78 Å². The smallest absolute Gasteiger partial charge is 0.334 e. The van der Waals surface area contributed by atoms with Crippen LogP contribution in [0.1, 0.15) is 24.1 Å². The molecule has 0 spiro atoms. The van der Waals surface area contributed by atoms with Crippen molar-refractivity contribution in [1.29, 1.82) is 0 Å². The van der Waals surface area contributed by atoms with Crippen LogP contribution in [0.25, 0.3) is 0 Å². The first-order valence-corrected chi connectivity index (χ1v) is 8.25. The molecule has 0 amide bonds. The van der Waals surface area contributed by atoms with Crippen LogP contribution in [0.5, 0.6) is 5.75 Å². The number of anilines is 2. The first-order valence-electron chi connectivity index (χ1n) is 8.25. The summed E-state index contributed by atoms with van der Waals surface area (Å²) < 4.78 is 12.9. The van der Waals surface area contributed by atoms with Crippen molar-refractivity contribution < 1.29 is 14.4 Å². The predicted molar refractivity (Wildman–Crippen MR) is 93.5 cm³/mol. The highest BCUT2D eigenvalue weighted by Gasteiger charge is 2.24. The molecule has 1 aromatic heterocycles. The molecule has 25 heavy (non-hydrogen) atoms. The Morgan fingerprint density at radius 2 is 2.08 bits per heavy atom. The summed E-state index contributed by atoms with van der Waals surface area (Å²) in [5.74, 6) is 1.19. The van der Waals surface area contributed by atoms with Gasteiger partial charge in [0.05, 0.1) is 18.1 Å². The van der Waals surface area contributed by atoms with Gasteiger partial charge in [-0.3, -0.25) is 10.1 Å². The molecule has 1 aromatic carbocycles. The van der Waals surface area contributed by atoms with Crippen LogP contribution in [0.15, 0.2) is 18.2 Å². The van der Waals surface area contributed by atoms with Gasteiger partial charge < -0.3 is 14.8 Å². The summed E-state index contributed by atoms with van der Waals surface area (Å²) in [6.45, 7) is 5.04. The molecule has 8 nitrogen and oxygen atoms in total. The average Bonchev–Trinajstić information content (AvgIpc) is 2.85. The third kappa shape index (κ3) is 3.74. The van der Waals surface area contributed by atoms with Crippen LogP contribution in [0.2, 0.25) is 0 Å². The van der Waals surface area contributed by atoms with E-state index in [0.29, 0.717) is 11.5 Å². The summed E-state index contributed by atoms with van der Waals surface area (Å²) in [6, 6.07) is 5.66. The lowest BCUT2D eigenvalue weighted by atomic mass is 10.1. The van der Waals surface area contributed by atoms with E-state index < -0.39 is 4.92 Å². The van der Waals surface area contributed by atoms with Crippen molar-refractivity contribution in [2.75, 3.05) is 18.5 Å². The summed E-state index contributed by atoms with van der Waals surface area (Å²) in [5.41, 5.74) is 2.09. The predicted octanol–water partition coefficient (Wildman–Crippen LogP) is 3.25. The zero-order chi connectivity index (χ0) is 18.0. The normalized spacial score (nSPS) is 15.2. The van der Waals surface area contributed by atoms with E-state index in [1.165, 1.54) is 4.68 Å². The fourth-order valence-corrected chi connectivity index (χ4v) is 2.98. The van der Waals surface area contributed by atoms with Gasteiger partial charge in [0.25, 0.3) is 0 Å². The highest BCUT2D eigenvalue weighted by Crippen LogP contribution is 2.32.